The van der Waals surface area contributed by atoms with Gasteiger partial charge in [-0.2, -0.15) is 0 Å². The number of hydrogen-bond donors (Lipinski definition) is 1. The van der Waals surface area contributed by atoms with Crippen LogP contribution >= 0.6 is 27.3 Å². The van der Waals surface area contributed by atoms with Crippen LogP contribution in [0.5, 0.6) is 0 Å². The summed E-state index contributed by atoms with van der Waals surface area (Å²) in [6.07, 6.45) is 2.92. The second-order valence-electron chi connectivity index (χ2n) is 4.03. The third kappa shape index (κ3) is 2.84. The normalized spacial score (nSPS) is 22.2. The number of thiophene rings is 1. The zero-order valence-electron chi connectivity index (χ0n) is 8.86. The second-order valence-corrected chi connectivity index (χ2v) is 6.57. The lowest BCUT2D eigenvalue weighted by molar-refractivity contribution is -0.144. The highest BCUT2D eigenvalue weighted by Crippen LogP contribution is 2.26. The van der Waals surface area contributed by atoms with E-state index in [1.807, 2.05) is 6.07 Å². The lowest BCUT2D eigenvalue weighted by atomic mass is 10.0. The van der Waals surface area contributed by atoms with E-state index in [2.05, 4.69) is 26.9 Å². The highest BCUT2D eigenvalue weighted by molar-refractivity contribution is 9.11. The number of rotatable bonds is 3. The first-order valence-electron chi connectivity index (χ1n) is 5.38. The van der Waals surface area contributed by atoms with Crippen molar-refractivity contribution in [2.75, 3.05) is 6.54 Å². The van der Waals surface area contributed by atoms with Crippen LogP contribution in [0.25, 0.3) is 0 Å². The van der Waals surface area contributed by atoms with E-state index < -0.39 is 5.97 Å². The quantitative estimate of drug-likeness (QED) is 0.933. The summed E-state index contributed by atoms with van der Waals surface area (Å²) in [5.41, 5.74) is 0. The van der Waals surface area contributed by atoms with Crippen molar-refractivity contribution in [3.8, 4) is 0 Å². The molecule has 0 aromatic carbocycles. The highest BCUT2D eigenvalue weighted by Gasteiger charge is 2.28. The molecule has 1 atom stereocenters. The molecule has 0 bridgehead atoms. The van der Waals surface area contributed by atoms with Gasteiger partial charge in [0.05, 0.1) is 3.79 Å². The SMILES string of the molecule is O=C(O)C1CCCCN1Cc1ccc(Br)s1. The molecule has 1 aromatic heterocycles. The van der Waals surface area contributed by atoms with Crippen molar-refractivity contribution < 1.29 is 9.90 Å². The molecular weight excluding hydrogens is 290 g/mol. The minimum absolute atomic E-state index is 0.297. The standard InChI is InChI=1S/C11H14BrNO2S/c12-10-5-4-8(16-10)7-13-6-2-1-3-9(13)11(14)15/h4-5,9H,1-3,6-7H2,(H,14,15). The molecule has 5 heteroatoms. The Hall–Kier alpha value is -0.390. The fourth-order valence-corrected chi connectivity index (χ4v) is 3.61. The Labute approximate surface area is 107 Å². The molecule has 0 amide bonds. The summed E-state index contributed by atoms with van der Waals surface area (Å²) < 4.78 is 1.10. The second kappa shape index (κ2) is 5.29. The molecule has 2 heterocycles. The summed E-state index contributed by atoms with van der Waals surface area (Å²) in [7, 11) is 0. The van der Waals surface area contributed by atoms with Gasteiger partial charge in [-0.25, -0.2) is 0 Å². The van der Waals surface area contributed by atoms with Gasteiger partial charge < -0.3 is 5.11 Å². The van der Waals surface area contributed by atoms with Crippen LogP contribution in [0.2, 0.25) is 0 Å². The lowest BCUT2D eigenvalue weighted by Crippen LogP contribution is -2.43. The summed E-state index contributed by atoms with van der Waals surface area (Å²) in [6, 6.07) is 3.77. The van der Waals surface area contributed by atoms with Crippen LogP contribution in [0.1, 0.15) is 24.1 Å². The minimum Gasteiger partial charge on any atom is -0.480 e. The number of halogens is 1. The van der Waals surface area contributed by atoms with Gasteiger partial charge in [-0.05, 0) is 47.4 Å². The number of carbonyl (C=O) groups is 1. The Bertz CT molecular complexity index is 380. The summed E-state index contributed by atoms with van der Waals surface area (Å²) in [5.74, 6) is -0.685. The molecule has 1 fully saturated rings. The van der Waals surface area contributed by atoms with Gasteiger partial charge in [0.15, 0.2) is 0 Å². The molecule has 2 rings (SSSR count). The number of hydrogen-bond acceptors (Lipinski definition) is 3. The molecule has 88 valence electrons. The van der Waals surface area contributed by atoms with Crippen LogP contribution in [-0.2, 0) is 11.3 Å². The Morgan fingerprint density at radius 2 is 2.38 bits per heavy atom. The molecule has 1 aliphatic heterocycles. The van der Waals surface area contributed by atoms with Crippen LogP contribution in [0.15, 0.2) is 15.9 Å². The highest BCUT2D eigenvalue weighted by atomic mass is 79.9. The molecule has 1 aromatic rings. The Morgan fingerprint density at radius 1 is 1.56 bits per heavy atom. The molecule has 0 aliphatic carbocycles. The maximum atomic E-state index is 11.1. The molecule has 1 N–H and O–H groups in total. The molecular formula is C11H14BrNO2S. The molecule has 1 saturated heterocycles. The van der Waals surface area contributed by atoms with Gasteiger partial charge >= 0.3 is 5.97 Å². The van der Waals surface area contributed by atoms with Crippen molar-refractivity contribution in [1.82, 2.24) is 4.90 Å². The lowest BCUT2D eigenvalue weighted by Gasteiger charge is -2.32. The summed E-state index contributed by atoms with van der Waals surface area (Å²) in [6.45, 7) is 1.65. The van der Waals surface area contributed by atoms with Gasteiger partial charge in [0.1, 0.15) is 6.04 Å². The summed E-state index contributed by atoms with van der Waals surface area (Å²) >= 11 is 5.10. The van der Waals surface area contributed by atoms with Crippen LogP contribution in [-0.4, -0.2) is 28.6 Å². The van der Waals surface area contributed by atoms with Crippen LogP contribution in [0.4, 0.5) is 0 Å². The van der Waals surface area contributed by atoms with E-state index in [1.54, 1.807) is 11.3 Å². The fourth-order valence-electron chi connectivity index (χ4n) is 2.10. The predicted octanol–water partition coefficient (Wildman–Crippen LogP) is 2.95. The topological polar surface area (TPSA) is 40.5 Å². The zero-order valence-corrected chi connectivity index (χ0v) is 11.3. The molecule has 3 nitrogen and oxygen atoms in total. The number of carboxylic acid groups (broad SMARTS) is 1. The maximum Gasteiger partial charge on any atom is 0.320 e. The number of carboxylic acids is 1. The molecule has 0 saturated carbocycles. The predicted molar refractivity (Wildman–Crippen MR) is 67.7 cm³/mol. The third-order valence-corrected chi connectivity index (χ3v) is 4.49. The minimum atomic E-state index is -0.685. The Kier molecular flexibility index (Phi) is 4.00. The van der Waals surface area contributed by atoms with Crippen LogP contribution in [0, 0.1) is 0 Å². The summed E-state index contributed by atoms with van der Waals surface area (Å²) in [4.78, 5) is 14.4. The zero-order chi connectivity index (χ0) is 11.5. The number of piperidine rings is 1. The van der Waals surface area contributed by atoms with E-state index in [0.717, 1.165) is 36.1 Å². The fraction of sp³-hybridized carbons (Fsp3) is 0.545. The maximum absolute atomic E-state index is 11.1. The Balaban J connectivity index is 2.03. The van der Waals surface area contributed by atoms with Gasteiger partial charge in [-0.15, -0.1) is 11.3 Å². The van der Waals surface area contributed by atoms with Crippen molar-refractivity contribution >= 4 is 33.2 Å². The van der Waals surface area contributed by atoms with E-state index in [4.69, 9.17) is 5.11 Å². The number of aliphatic carboxylic acids is 1. The van der Waals surface area contributed by atoms with E-state index in [1.165, 1.54) is 4.88 Å². The van der Waals surface area contributed by atoms with E-state index in [0.29, 0.717) is 0 Å². The van der Waals surface area contributed by atoms with E-state index >= 15 is 0 Å². The largest absolute Gasteiger partial charge is 0.480 e. The van der Waals surface area contributed by atoms with Crippen molar-refractivity contribution in [2.45, 2.75) is 31.8 Å². The third-order valence-electron chi connectivity index (χ3n) is 2.89. The average molecular weight is 304 g/mol. The first-order chi connectivity index (χ1) is 7.66. The van der Waals surface area contributed by atoms with Gasteiger partial charge in [0, 0.05) is 11.4 Å². The van der Waals surface area contributed by atoms with Crippen LogP contribution < -0.4 is 0 Å². The van der Waals surface area contributed by atoms with Crippen molar-refractivity contribution in [2.24, 2.45) is 0 Å². The molecule has 16 heavy (non-hydrogen) atoms. The molecule has 0 spiro atoms. The molecule has 1 unspecified atom stereocenters. The monoisotopic (exact) mass is 303 g/mol. The van der Waals surface area contributed by atoms with E-state index in [-0.39, 0.29) is 6.04 Å². The van der Waals surface area contributed by atoms with E-state index in [9.17, 15) is 4.79 Å². The summed E-state index contributed by atoms with van der Waals surface area (Å²) in [5, 5.41) is 9.14. The average Bonchev–Trinajstić information content (AvgIpc) is 2.64. The van der Waals surface area contributed by atoms with Gasteiger partial charge in [0.2, 0.25) is 0 Å². The molecule has 1 aliphatic rings. The number of nitrogens with zero attached hydrogens (tertiary/aromatic N) is 1. The first-order valence-corrected chi connectivity index (χ1v) is 6.99. The smallest absolute Gasteiger partial charge is 0.320 e. The van der Waals surface area contributed by atoms with Gasteiger partial charge in [-0.3, -0.25) is 9.69 Å². The van der Waals surface area contributed by atoms with Crippen molar-refractivity contribution in [3.05, 3.63) is 20.8 Å². The van der Waals surface area contributed by atoms with Crippen molar-refractivity contribution in [1.29, 1.82) is 0 Å². The Morgan fingerprint density at radius 3 is 3.00 bits per heavy atom. The van der Waals surface area contributed by atoms with Gasteiger partial charge in [0.25, 0.3) is 0 Å². The van der Waals surface area contributed by atoms with Gasteiger partial charge in [-0.1, -0.05) is 6.42 Å². The number of likely N-dealkylation sites (tertiary alicyclic amines) is 1. The van der Waals surface area contributed by atoms with Crippen molar-refractivity contribution in [3.63, 3.8) is 0 Å². The van der Waals surface area contributed by atoms with Crippen LogP contribution in [0.3, 0.4) is 0 Å². The first kappa shape index (κ1) is 12.1. The molecule has 0 radical (unpaired) electrons.